The maximum absolute atomic E-state index is 11.5. The van der Waals surface area contributed by atoms with Gasteiger partial charge in [-0.2, -0.15) is 0 Å². The van der Waals surface area contributed by atoms with Crippen molar-refractivity contribution in [2.45, 2.75) is 32.2 Å². The minimum Gasteiger partial charge on any atom is -0.321 e. The van der Waals surface area contributed by atoms with Gasteiger partial charge in [0, 0.05) is 18.8 Å². The summed E-state index contributed by atoms with van der Waals surface area (Å²) in [6.45, 7) is 2.03. The zero-order valence-electron chi connectivity index (χ0n) is 8.44. The van der Waals surface area contributed by atoms with Gasteiger partial charge in [0.1, 0.15) is 0 Å². The molecule has 3 heteroatoms. The molecular formula is C11H16N2O. The number of hydrogen-bond donors (Lipinski definition) is 1. The van der Waals surface area contributed by atoms with Gasteiger partial charge in [0.25, 0.3) is 0 Å². The van der Waals surface area contributed by atoms with E-state index in [1.165, 1.54) is 0 Å². The Balaban J connectivity index is 2.49. The number of carbonyl (C=O) groups excluding carboxylic acids is 1. The first-order chi connectivity index (χ1) is 6.74. The van der Waals surface area contributed by atoms with Crippen LogP contribution in [0.25, 0.3) is 0 Å². The van der Waals surface area contributed by atoms with E-state index in [-0.39, 0.29) is 11.8 Å². The molecule has 2 N–H and O–H groups in total. The summed E-state index contributed by atoms with van der Waals surface area (Å²) in [5.74, 6) is 0.0971. The van der Waals surface area contributed by atoms with E-state index < -0.39 is 0 Å². The van der Waals surface area contributed by atoms with Crippen molar-refractivity contribution < 1.29 is 4.79 Å². The normalized spacial score (nSPS) is 12.4. The van der Waals surface area contributed by atoms with E-state index in [1.54, 1.807) is 12.4 Å². The van der Waals surface area contributed by atoms with Gasteiger partial charge in [0.2, 0.25) is 0 Å². The predicted molar refractivity (Wildman–Crippen MR) is 55.8 cm³/mol. The van der Waals surface area contributed by atoms with Crippen LogP contribution >= 0.6 is 0 Å². The van der Waals surface area contributed by atoms with Gasteiger partial charge < -0.3 is 5.73 Å². The van der Waals surface area contributed by atoms with Gasteiger partial charge in [-0.1, -0.05) is 19.4 Å². The second kappa shape index (κ2) is 5.50. The van der Waals surface area contributed by atoms with Crippen molar-refractivity contribution in [3.8, 4) is 0 Å². The van der Waals surface area contributed by atoms with Crippen molar-refractivity contribution >= 4 is 5.78 Å². The van der Waals surface area contributed by atoms with Gasteiger partial charge in [0.05, 0.1) is 6.04 Å². The number of rotatable bonds is 5. The number of hydrogen-bond acceptors (Lipinski definition) is 3. The van der Waals surface area contributed by atoms with Crippen LogP contribution in [0.1, 0.15) is 25.3 Å². The summed E-state index contributed by atoms with van der Waals surface area (Å²) in [7, 11) is 0. The third-order valence-electron chi connectivity index (χ3n) is 2.11. The van der Waals surface area contributed by atoms with Gasteiger partial charge >= 0.3 is 0 Å². The molecule has 0 radical (unpaired) electrons. The largest absolute Gasteiger partial charge is 0.321 e. The lowest BCUT2D eigenvalue weighted by atomic mass is 10.0. The first kappa shape index (κ1) is 10.9. The van der Waals surface area contributed by atoms with Crippen LogP contribution in [0.2, 0.25) is 0 Å². The van der Waals surface area contributed by atoms with E-state index in [9.17, 15) is 4.79 Å². The molecule has 1 aromatic rings. The number of nitrogens with zero attached hydrogens (tertiary/aromatic N) is 1. The summed E-state index contributed by atoms with van der Waals surface area (Å²) >= 11 is 0. The van der Waals surface area contributed by atoms with Crippen LogP contribution in [0.5, 0.6) is 0 Å². The average molecular weight is 192 g/mol. The number of ketones is 1. The topological polar surface area (TPSA) is 56.0 Å². The summed E-state index contributed by atoms with van der Waals surface area (Å²) in [5, 5.41) is 0. The van der Waals surface area contributed by atoms with Crippen LogP contribution in [0.3, 0.4) is 0 Å². The minimum atomic E-state index is -0.319. The summed E-state index contributed by atoms with van der Waals surface area (Å²) in [5.41, 5.74) is 6.64. The first-order valence-electron chi connectivity index (χ1n) is 4.91. The molecule has 0 spiro atoms. The predicted octanol–water partition coefficient (Wildman–Crippen LogP) is 1.32. The van der Waals surface area contributed by atoms with E-state index in [0.29, 0.717) is 6.42 Å². The Labute approximate surface area is 84.3 Å². The van der Waals surface area contributed by atoms with Crippen molar-refractivity contribution in [3.63, 3.8) is 0 Å². The smallest absolute Gasteiger partial charge is 0.153 e. The fraction of sp³-hybridized carbons (Fsp3) is 0.455. The molecule has 0 saturated carbocycles. The van der Waals surface area contributed by atoms with E-state index in [0.717, 1.165) is 18.4 Å². The zero-order valence-corrected chi connectivity index (χ0v) is 8.44. The highest BCUT2D eigenvalue weighted by Crippen LogP contribution is 2.02. The molecule has 0 aliphatic carbocycles. The van der Waals surface area contributed by atoms with E-state index in [4.69, 9.17) is 5.73 Å². The quantitative estimate of drug-likeness (QED) is 0.765. The summed E-state index contributed by atoms with van der Waals surface area (Å²) in [4.78, 5) is 15.5. The van der Waals surface area contributed by atoms with Crippen LogP contribution in [0.15, 0.2) is 24.5 Å². The number of Topliss-reactive ketones (excluding diaryl/α,β-unsaturated/α-hetero) is 1. The van der Waals surface area contributed by atoms with Crippen LogP contribution in [-0.2, 0) is 11.2 Å². The molecule has 0 amide bonds. The molecule has 0 aromatic carbocycles. The molecule has 76 valence electrons. The molecule has 0 saturated heterocycles. The maximum Gasteiger partial charge on any atom is 0.153 e. The highest BCUT2D eigenvalue weighted by atomic mass is 16.1. The third kappa shape index (κ3) is 3.26. The molecule has 0 bridgehead atoms. The standard InChI is InChI=1S/C11H16N2O/c1-2-4-10(12)11(14)7-9-5-3-6-13-8-9/h3,5-6,8,10H,2,4,7,12H2,1H3. The van der Waals surface area contributed by atoms with Gasteiger partial charge in [-0.15, -0.1) is 0 Å². The van der Waals surface area contributed by atoms with E-state index in [2.05, 4.69) is 4.98 Å². The Kier molecular flexibility index (Phi) is 4.26. The van der Waals surface area contributed by atoms with Crippen molar-refractivity contribution in [2.24, 2.45) is 5.73 Å². The summed E-state index contributed by atoms with van der Waals surface area (Å²) < 4.78 is 0. The highest BCUT2D eigenvalue weighted by Gasteiger charge is 2.12. The first-order valence-corrected chi connectivity index (χ1v) is 4.91. The molecule has 14 heavy (non-hydrogen) atoms. The van der Waals surface area contributed by atoms with Crippen molar-refractivity contribution in [2.75, 3.05) is 0 Å². The monoisotopic (exact) mass is 192 g/mol. The van der Waals surface area contributed by atoms with Crippen LogP contribution in [-0.4, -0.2) is 16.8 Å². The number of nitrogens with two attached hydrogens (primary N) is 1. The second-order valence-electron chi connectivity index (χ2n) is 3.40. The van der Waals surface area contributed by atoms with Crippen LogP contribution < -0.4 is 5.73 Å². The SMILES string of the molecule is CCCC(N)C(=O)Cc1cccnc1. The minimum absolute atomic E-state index is 0.0971. The molecule has 1 heterocycles. The van der Waals surface area contributed by atoms with Gasteiger partial charge in [-0.3, -0.25) is 9.78 Å². The molecule has 1 atom stereocenters. The molecule has 0 fully saturated rings. The molecule has 0 aliphatic heterocycles. The zero-order chi connectivity index (χ0) is 10.4. The molecular weight excluding hydrogens is 176 g/mol. The number of carbonyl (C=O) groups is 1. The Morgan fingerprint density at radius 2 is 2.43 bits per heavy atom. The highest BCUT2D eigenvalue weighted by molar-refractivity contribution is 5.85. The van der Waals surface area contributed by atoms with E-state index >= 15 is 0 Å². The van der Waals surface area contributed by atoms with Crippen LogP contribution in [0, 0.1) is 0 Å². The molecule has 1 unspecified atom stereocenters. The fourth-order valence-corrected chi connectivity index (χ4v) is 1.31. The molecule has 1 aromatic heterocycles. The number of aromatic nitrogens is 1. The van der Waals surface area contributed by atoms with Gasteiger partial charge in [-0.05, 0) is 18.1 Å². The third-order valence-corrected chi connectivity index (χ3v) is 2.11. The lowest BCUT2D eigenvalue weighted by molar-refractivity contribution is -0.119. The van der Waals surface area contributed by atoms with Crippen molar-refractivity contribution in [3.05, 3.63) is 30.1 Å². The molecule has 3 nitrogen and oxygen atoms in total. The summed E-state index contributed by atoms with van der Waals surface area (Å²) in [6, 6.07) is 3.40. The number of pyridine rings is 1. The average Bonchev–Trinajstić information content (AvgIpc) is 2.19. The molecule has 1 rings (SSSR count). The summed E-state index contributed by atoms with van der Waals surface area (Å²) in [6.07, 6.45) is 5.50. The van der Waals surface area contributed by atoms with Gasteiger partial charge in [0.15, 0.2) is 5.78 Å². The second-order valence-corrected chi connectivity index (χ2v) is 3.40. The van der Waals surface area contributed by atoms with E-state index in [1.807, 2.05) is 19.1 Å². The maximum atomic E-state index is 11.5. The van der Waals surface area contributed by atoms with Crippen molar-refractivity contribution in [1.82, 2.24) is 4.98 Å². The Morgan fingerprint density at radius 1 is 1.64 bits per heavy atom. The van der Waals surface area contributed by atoms with Crippen molar-refractivity contribution in [1.29, 1.82) is 0 Å². The molecule has 0 aliphatic rings. The lowest BCUT2D eigenvalue weighted by Crippen LogP contribution is -2.31. The fourth-order valence-electron chi connectivity index (χ4n) is 1.31. The Bertz CT molecular complexity index is 285. The Morgan fingerprint density at radius 3 is 3.00 bits per heavy atom. The van der Waals surface area contributed by atoms with Gasteiger partial charge in [-0.25, -0.2) is 0 Å². The van der Waals surface area contributed by atoms with Crippen LogP contribution in [0.4, 0.5) is 0 Å². The lowest BCUT2D eigenvalue weighted by Gasteiger charge is -2.08. The Hall–Kier alpha value is -1.22.